The second-order valence-corrected chi connectivity index (χ2v) is 8.25. The Morgan fingerprint density at radius 3 is 2.23 bits per heavy atom. The Labute approximate surface area is 192 Å². The minimum absolute atomic E-state index is 0.255. The smallest absolute Gasteiger partial charge is 0.410 e. The first-order chi connectivity index (χ1) is 15.0. The van der Waals surface area contributed by atoms with Crippen molar-refractivity contribution in [3.05, 3.63) is 35.9 Å². The summed E-state index contributed by atoms with van der Waals surface area (Å²) < 4.78 is 5.10. The van der Waals surface area contributed by atoms with Crippen LogP contribution in [0.3, 0.4) is 0 Å². The Morgan fingerprint density at radius 1 is 1.03 bits per heavy atom. The molecule has 0 radical (unpaired) electrons. The maximum absolute atomic E-state index is 12.7. The molecule has 0 spiro atoms. The highest BCUT2D eigenvalue weighted by Crippen LogP contribution is 2.18. The van der Waals surface area contributed by atoms with E-state index in [1.54, 1.807) is 29.2 Å². The zero-order valence-corrected chi connectivity index (χ0v) is 19.8. The van der Waals surface area contributed by atoms with Crippen LogP contribution in [0.1, 0.15) is 71.1 Å². The molecule has 0 aromatic heterocycles. The number of carbonyl (C=O) groups excluding carboxylic acids is 2. The molecule has 1 aromatic carbocycles. The van der Waals surface area contributed by atoms with Gasteiger partial charge in [-0.15, -0.1) is 0 Å². The first-order valence-electron chi connectivity index (χ1n) is 11.3. The van der Waals surface area contributed by atoms with Gasteiger partial charge in [0.25, 0.3) is 0 Å². The molecule has 1 rings (SSSR count). The lowest BCUT2D eigenvalue weighted by Gasteiger charge is -2.23. The van der Waals surface area contributed by atoms with Gasteiger partial charge in [-0.2, -0.15) is 0 Å². The number of nitrogens with one attached hydrogen (secondary N) is 2. The van der Waals surface area contributed by atoms with Crippen LogP contribution in [0.5, 0.6) is 5.75 Å². The quantitative estimate of drug-likeness (QED) is 0.284. The van der Waals surface area contributed by atoms with Crippen LogP contribution in [0.15, 0.2) is 35.9 Å². The number of ether oxygens (including phenoxy) is 1. The highest BCUT2D eigenvalue weighted by Gasteiger charge is 2.14. The van der Waals surface area contributed by atoms with Gasteiger partial charge in [0.15, 0.2) is 0 Å². The van der Waals surface area contributed by atoms with Crippen LogP contribution >= 0.6 is 11.6 Å². The molecule has 0 heterocycles. The zero-order chi connectivity index (χ0) is 22.9. The van der Waals surface area contributed by atoms with Gasteiger partial charge in [0.1, 0.15) is 5.75 Å². The molecule has 0 atom stereocenters. The molecule has 2 N–H and O–H groups in total. The summed E-state index contributed by atoms with van der Waals surface area (Å²) in [5, 5.41) is 5.64. The zero-order valence-electron chi connectivity index (χ0n) is 19.1. The maximum Gasteiger partial charge on any atom is 0.412 e. The molecule has 0 saturated heterocycles. The Hall–Kier alpha value is -2.21. The fourth-order valence-electron chi connectivity index (χ4n) is 3.25. The van der Waals surface area contributed by atoms with E-state index in [0.717, 1.165) is 12.8 Å². The van der Waals surface area contributed by atoms with Crippen LogP contribution in [0.4, 0.5) is 15.3 Å². The second-order valence-electron chi connectivity index (χ2n) is 7.72. The number of benzene rings is 1. The van der Waals surface area contributed by atoms with E-state index in [-0.39, 0.29) is 6.03 Å². The first-order valence-corrected chi connectivity index (χ1v) is 11.7. The standard InChI is InChI=1S/C24H38ClN3O3/c1-4-5-6-7-8-9-10-11-12-13-17-28(19-20(2)25)23(29)27-21-15-14-16-22(18-21)31-24(30)26-3/h14-16,18H,2,4-13,17,19H2,1,3H3,(H,26,30)(H,27,29). The van der Waals surface area contributed by atoms with Gasteiger partial charge in [-0.25, -0.2) is 9.59 Å². The van der Waals surface area contributed by atoms with Crippen LogP contribution in [-0.2, 0) is 0 Å². The molecule has 0 aliphatic heterocycles. The first kappa shape index (κ1) is 26.8. The minimum Gasteiger partial charge on any atom is -0.410 e. The van der Waals surface area contributed by atoms with Crippen molar-refractivity contribution in [1.29, 1.82) is 0 Å². The van der Waals surface area contributed by atoms with Gasteiger partial charge in [-0.3, -0.25) is 0 Å². The van der Waals surface area contributed by atoms with E-state index in [1.807, 2.05) is 0 Å². The number of rotatable bonds is 15. The topological polar surface area (TPSA) is 70.7 Å². The van der Waals surface area contributed by atoms with E-state index in [1.165, 1.54) is 58.4 Å². The summed E-state index contributed by atoms with van der Waals surface area (Å²) in [5.41, 5.74) is 0.541. The summed E-state index contributed by atoms with van der Waals surface area (Å²) >= 11 is 5.97. The number of urea groups is 1. The highest BCUT2D eigenvalue weighted by atomic mass is 35.5. The van der Waals surface area contributed by atoms with Gasteiger partial charge in [0, 0.05) is 30.4 Å². The number of anilines is 1. The van der Waals surface area contributed by atoms with Crippen molar-refractivity contribution in [1.82, 2.24) is 10.2 Å². The predicted octanol–water partition coefficient (Wildman–Crippen LogP) is 6.91. The van der Waals surface area contributed by atoms with Crippen molar-refractivity contribution in [2.75, 3.05) is 25.5 Å². The third-order valence-corrected chi connectivity index (χ3v) is 5.05. The Morgan fingerprint density at radius 2 is 1.65 bits per heavy atom. The van der Waals surface area contributed by atoms with E-state index in [0.29, 0.717) is 29.6 Å². The van der Waals surface area contributed by atoms with Gasteiger partial charge in [0.05, 0.1) is 6.54 Å². The van der Waals surface area contributed by atoms with Gasteiger partial charge >= 0.3 is 12.1 Å². The normalized spacial score (nSPS) is 10.4. The molecule has 31 heavy (non-hydrogen) atoms. The third kappa shape index (κ3) is 12.9. The molecule has 0 bridgehead atoms. The van der Waals surface area contributed by atoms with Crippen molar-refractivity contribution in [2.24, 2.45) is 0 Å². The number of carbonyl (C=O) groups is 2. The summed E-state index contributed by atoms with van der Waals surface area (Å²) in [6.45, 7) is 6.86. The molecule has 6 nitrogen and oxygen atoms in total. The van der Waals surface area contributed by atoms with Gasteiger partial charge in [-0.05, 0) is 18.6 Å². The Balaban J connectivity index is 2.41. The minimum atomic E-state index is -0.565. The Kier molecular flexibility index (Phi) is 14.3. The lowest BCUT2D eigenvalue weighted by molar-refractivity contribution is 0.203. The van der Waals surface area contributed by atoms with Gasteiger partial charge in [0.2, 0.25) is 0 Å². The number of nitrogens with zero attached hydrogens (tertiary/aromatic N) is 1. The molecule has 7 heteroatoms. The lowest BCUT2D eigenvalue weighted by atomic mass is 10.1. The van der Waals surface area contributed by atoms with Crippen LogP contribution in [-0.4, -0.2) is 37.2 Å². The number of halogens is 1. The number of amides is 3. The van der Waals surface area contributed by atoms with E-state index in [2.05, 4.69) is 24.1 Å². The summed E-state index contributed by atoms with van der Waals surface area (Å²) in [5.74, 6) is 0.347. The van der Waals surface area contributed by atoms with E-state index < -0.39 is 6.09 Å². The third-order valence-electron chi connectivity index (χ3n) is 4.93. The summed E-state index contributed by atoms with van der Waals surface area (Å²) in [4.78, 5) is 25.7. The number of hydrogen-bond donors (Lipinski definition) is 2. The van der Waals surface area contributed by atoms with Crippen LogP contribution < -0.4 is 15.4 Å². The largest absolute Gasteiger partial charge is 0.412 e. The second kappa shape index (κ2) is 16.5. The van der Waals surface area contributed by atoms with Crippen LogP contribution in [0, 0.1) is 0 Å². The summed E-state index contributed by atoms with van der Waals surface area (Å²) in [7, 11) is 1.48. The van der Waals surface area contributed by atoms with E-state index in [9.17, 15) is 9.59 Å². The maximum atomic E-state index is 12.7. The Bertz CT molecular complexity index is 682. The molecule has 0 unspecified atom stereocenters. The highest BCUT2D eigenvalue weighted by molar-refractivity contribution is 6.29. The van der Waals surface area contributed by atoms with Crippen molar-refractivity contribution >= 4 is 29.4 Å². The molecular weight excluding hydrogens is 414 g/mol. The molecular formula is C24H38ClN3O3. The molecule has 1 aromatic rings. The number of unbranched alkanes of at least 4 members (excludes halogenated alkanes) is 9. The van der Waals surface area contributed by atoms with Gasteiger partial charge < -0.3 is 20.3 Å². The van der Waals surface area contributed by atoms with Crippen molar-refractivity contribution in [3.63, 3.8) is 0 Å². The summed E-state index contributed by atoms with van der Waals surface area (Å²) in [6, 6.07) is 6.44. The number of hydrogen-bond acceptors (Lipinski definition) is 3. The van der Waals surface area contributed by atoms with Crippen LogP contribution in [0.2, 0.25) is 0 Å². The predicted molar refractivity (Wildman–Crippen MR) is 129 cm³/mol. The molecule has 0 aliphatic carbocycles. The molecule has 3 amide bonds. The van der Waals surface area contributed by atoms with E-state index >= 15 is 0 Å². The van der Waals surface area contributed by atoms with Crippen molar-refractivity contribution in [2.45, 2.75) is 71.1 Å². The fraction of sp³-hybridized carbons (Fsp3) is 0.583. The molecule has 0 saturated carbocycles. The average Bonchev–Trinajstić information content (AvgIpc) is 2.74. The van der Waals surface area contributed by atoms with Crippen LogP contribution in [0.25, 0.3) is 0 Å². The van der Waals surface area contributed by atoms with Gasteiger partial charge in [-0.1, -0.05) is 89.0 Å². The van der Waals surface area contributed by atoms with Crippen molar-refractivity contribution in [3.8, 4) is 5.75 Å². The molecule has 174 valence electrons. The summed E-state index contributed by atoms with van der Waals surface area (Å²) in [6.07, 6.45) is 11.8. The monoisotopic (exact) mass is 451 g/mol. The fourth-order valence-corrected chi connectivity index (χ4v) is 3.39. The van der Waals surface area contributed by atoms with Crippen molar-refractivity contribution < 1.29 is 14.3 Å². The average molecular weight is 452 g/mol. The lowest BCUT2D eigenvalue weighted by Crippen LogP contribution is -2.36. The molecule has 0 aliphatic rings. The SMILES string of the molecule is C=C(Cl)CN(CCCCCCCCCCCC)C(=O)Nc1cccc(OC(=O)NC)c1. The molecule has 0 fully saturated rings. The van der Waals surface area contributed by atoms with E-state index in [4.69, 9.17) is 16.3 Å².